The van der Waals surface area contributed by atoms with Crippen molar-refractivity contribution in [2.24, 2.45) is 0 Å². The normalized spacial score (nSPS) is 11.5. The van der Waals surface area contributed by atoms with E-state index in [4.69, 9.17) is 8.83 Å². The number of para-hydroxylation sites is 2. The van der Waals surface area contributed by atoms with Gasteiger partial charge in [-0.2, -0.15) is 0 Å². The van der Waals surface area contributed by atoms with Gasteiger partial charge < -0.3 is 8.83 Å². The molecular weight excluding hydrogens is 478 g/mol. The standard InChI is InChI=1S/C16H8I2O2/c17-13-9-5-1-3-7-11(9)19-15(13)16-14(18)10-6-2-4-8-12(10)20-16/h1-8H. The Hall–Kier alpha value is -1.02. The highest BCUT2D eigenvalue weighted by Crippen LogP contribution is 2.40. The molecule has 0 bridgehead atoms. The molecule has 98 valence electrons. The first kappa shape index (κ1) is 12.7. The molecule has 0 saturated heterocycles. The number of halogens is 2. The molecule has 0 unspecified atom stereocenters. The molecule has 0 atom stereocenters. The van der Waals surface area contributed by atoms with Crippen LogP contribution in [0.5, 0.6) is 0 Å². The minimum atomic E-state index is 0.812. The van der Waals surface area contributed by atoms with Crippen molar-refractivity contribution in [3.8, 4) is 11.5 Å². The van der Waals surface area contributed by atoms with Gasteiger partial charge in [-0.1, -0.05) is 36.4 Å². The molecule has 20 heavy (non-hydrogen) atoms. The van der Waals surface area contributed by atoms with Gasteiger partial charge in [-0.25, -0.2) is 0 Å². The van der Waals surface area contributed by atoms with Crippen LogP contribution in [0.25, 0.3) is 33.5 Å². The monoisotopic (exact) mass is 486 g/mol. The Morgan fingerprint density at radius 2 is 1.00 bits per heavy atom. The van der Waals surface area contributed by atoms with E-state index in [9.17, 15) is 0 Å². The fourth-order valence-corrected chi connectivity index (χ4v) is 3.92. The highest BCUT2D eigenvalue weighted by molar-refractivity contribution is 14.1. The van der Waals surface area contributed by atoms with Gasteiger partial charge in [-0.05, 0) is 57.3 Å². The van der Waals surface area contributed by atoms with Crippen molar-refractivity contribution >= 4 is 67.1 Å². The quantitative estimate of drug-likeness (QED) is 0.306. The summed E-state index contributed by atoms with van der Waals surface area (Å²) in [4.78, 5) is 0. The molecule has 0 spiro atoms. The topological polar surface area (TPSA) is 26.3 Å². The van der Waals surface area contributed by atoms with Crippen LogP contribution in [-0.4, -0.2) is 0 Å². The van der Waals surface area contributed by atoms with Crippen LogP contribution in [0.2, 0.25) is 0 Å². The molecule has 4 heteroatoms. The zero-order chi connectivity index (χ0) is 13.7. The molecule has 0 aliphatic rings. The zero-order valence-corrected chi connectivity index (χ0v) is 14.5. The summed E-state index contributed by atoms with van der Waals surface area (Å²) in [5.41, 5.74) is 1.78. The molecule has 2 heterocycles. The van der Waals surface area contributed by atoms with Crippen molar-refractivity contribution in [1.82, 2.24) is 0 Å². The highest BCUT2D eigenvalue weighted by atomic mass is 127. The van der Waals surface area contributed by atoms with Gasteiger partial charge in [-0.3, -0.25) is 0 Å². The number of hydrogen-bond acceptors (Lipinski definition) is 2. The van der Waals surface area contributed by atoms with Crippen LogP contribution >= 0.6 is 45.2 Å². The lowest BCUT2D eigenvalue weighted by Gasteiger charge is -1.93. The predicted octanol–water partition coefficient (Wildman–Crippen LogP) is 6.06. The first-order valence-electron chi connectivity index (χ1n) is 6.10. The smallest absolute Gasteiger partial charge is 0.185 e. The molecule has 0 aliphatic heterocycles. The number of hydrogen-bond donors (Lipinski definition) is 0. The van der Waals surface area contributed by atoms with Gasteiger partial charge in [0.15, 0.2) is 11.5 Å². The minimum absolute atomic E-state index is 0.812. The van der Waals surface area contributed by atoms with Gasteiger partial charge in [-0.15, -0.1) is 0 Å². The van der Waals surface area contributed by atoms with Crippen LogP contribution in [0.1, 0.15) is 0 Å². The van der Waals surface area contributed by atoms with Gasteiger partial charge in [0.05, 0.1) is 7.14 Å². The van der Waals surface area contributed by atoms with Crippen LogP contribution in [0.4, 0.5) is 0 Å². The molecule has 0 N–H and O–H groups in total. The maximum absolute atomic E-state index is 5.99. The molecule has 4 rings (SSSR count). The average molecular weight is 486 g/mol. The lowest BCUT2D eigenvalue weighted by Crippen LogP contribution is -1.76. The molecule has 4 aromatic rings. The minimum Gasteiger partial charge on any atom is -0.452 e. The Morgan fingerprint density at radius 3 is 1.40 bits per heavy atom. The van der Waals surface area contributed by atoms with Crippen molar-refractivity contribution in [2.45, 2.75) is 0 Å². The van der Waals surface area contributed by atoms with E-state index in [0.29, 0.717) is 0 Å². The highest BCUT2D eigenvalue weighted by Gasteiger charge is 2.21. The van der Waals surface area contributed by atoms with Gasteiger partial charge in [0.1, 0.15) is 11.2 Å². The van der Waals surface area contributed by atoms with E-state index in [1.54, 1.807) is 0 Å². The van der Waals surface area contributed by atoms with Gasteiger partial charge in [0.2, 0.25) is 0 Å². The average Bonchev–Trinajstić information content (AvgIpc) is 2.98. The van der Waals surface area contributed by atoms with E-state index in [1.165, 1.54) is 0 Å². The fourth-order valence-electron chi connectivity index (χ4n) is 2.32. The summed E-state index contributed by atoms with van der Waals surface area (Å²) in [6, 6.07) is 16.1. The first-order valence-corrected chi connectivity index (χ1v) is 8.26. The van der Waals surface area contributed by atoms with E-state index in [0.717, 1.165) is 40.6 Å². The second-order valence-corrected chi connectivity index (χ2v) is 6.64. The van der Waals surface area contributed by atoms with Crippen LogP contribution in [-0.2, 0) is 0 Å². The summed E-state index contributed by atoms with van der Waals surface area (Å²) >= 11 is 4.64. The molecule has 0 fully saturated rings. The number of benzene rings is 2. The number of fused-ring (bicyclic) bond motifs is 2. The van der Waals surface area contributed by atoms with Crippen LogP contribution < -0.4 is 0 Å². The molecule has 0 radical (unpaired) electrons. The predicted molar refractivity (Wildman–Crippen MR) is 96.9 cm³/mol. The van der Waals surface area contributed by atoms with Crippen LogP contribution in [0.15, 0.2) is 57.4 Å². The van der Waals surface area contributed by atoms with E-state index < -0.39 is 0 Å². The second kappa shape index (κ2) is 4.77. The summed E-state index contributed by atoms with van der Waals surface area (Å²) in [7, 11) is 0. The summed E-state index contributed by atoms with van der Waals surface area (Å²) in [6.45, 7) is 0. The Balaban J connectivity index is 2.06. The van der Waals surface area contributed by atoms with Crippen molar-refractivity contribution in [3.63, 3.8) is 0 Å². The SMILES string of the molecule is Ic1c(-c2oc3ccccc3c2I)oc2ccccc12. The Kier molecular flexibility index (Phi) is 3.03. The van der Waals surface area contributed by atoms with E-state index >= 15 is 0 Å². The lowest BCUT2D eigenvalue weighted by atomic mass is 10.2. The summed E-state index contributed by atoms with van der Waals surface area (Å²) < 4.78 is 14.2. The summed E-state index contributed by atoms with van der Waals surface area (Å²) in [5, 5.41) is 2.25. The van der Waals surface area contributed by atoms with Crippen molar-refractivity contribution in [3.05, 3.63) is 55.7 Å². The van der Waals surface area contributed by atoms with Crippen molar-refractivity contribution in [2.75, 3.05) is 0 Å². The van der Waals surface area contributed by atoms with Crippen LogP contribution in [0.3, 0.4) is 0 Å². The zero-order valence-electron chi connectivity index (χ0n) is 10.2. The second-order valence-electron chi connectivity index (χ2n) is 4.48. The number of furan rings is 2. The third-order valence-electron chi connectivity index (χ3n) is 3.28. The molecule has 0 amide bonds. The molecule has 0 aliphatic carbocycles. The molecule has 2 aromatic heterocycles. The Labute approximate surface area is 142 Å². The third kappa shape index (κ3) is 1.81. The van der Waals surface area contributed by atoms with Crippen molar-refractivity contribution in [1.29, 1.82) is 0 Å². The Bertz CT molecular complexity index is 856. The maximum atomic E-state index is 5.99. The molecular formula is C16H8I2O2. The van der Waals surface area contributed by atoms with Crippen molar-refractivity contribution < 1.29 is 8.83 Å². The van der Waals surface area contributed by atoms with Crippen LogP contribution in [0, 0.1) is 7.14 Å². The van der Waals surface area contributed by atoms with Gasteiger partial charge in [0.25, 0.3) is 0 Å². The Morgan fingerprint density at radius 1 is 0.600 bits per heavy atom. The lowest BCUT2D eigenvalue weighted by molar-refractivity contribution is 0.566. The van der Waals surface area contributed by atoms with Gasteiger partial charge >= 0.3 is 0 Å². The van der Waals surface area contributed by atoms with Gasteiger partial charge in [0, 0.05) is 10.8 Å². The molecule has 0 saturated carbocycles. The number of rotatable bonds is 1. The largest absolute Gasteiger partial charge is 0.452 e. The fraction of sp³-hybridized carbons (Fsp3) is 0. The maximum Gasteiger partial charge on any atom is 0.185 e. The molecule has 2 nitrogen and oxygen atoms in total. The van der Waals surface area contributed by atoms with E-state index in [2.05, 4.69) is 57.3 Å². The summed E-state index contributed by atoms with van der Waals surface area (Å²) in [5.74, 6) is 1.62. The van der Waals surface area contributed by atoms with E-state index in [-0.39, 0.29) is 0 Å². The first-order chi connectivity index (χ1) is 9.75. The van der Waals surface area contributed by atoms with E-state index in [1.807, 2.05) is 36.4 Å². The molecule has 2 aromatic carbocycles. The summed E-state index contributed by atoms with van der Waals surface area (Å²) in [6.07, 6.45) is 0. The third-order valence-corrected chi connectivity index (χ3v) is 5.42.